The Bertz CT molecular complexity index is 739. The van der Waals surface area contributed by atoms with Crippen molar-refractivity contribution in [2.24, 2.45) is 4.99 Å². The maximum atomic E-state index is 11.6. The average molecular weight is 454 g/mol. The van der Waals surface area contributed by atoms with E-state index in [1.54, 1.807) is 18.7 Å². The minimum atomic E-state index is -0.936. The SMILES string of the molecule is CS/C(Cc1ccccc1)=N\CCO[C@H](COC(C)=O)[C@@H](OC(C)=O)[C@@H](C)OC(C)=O. The average Bonchev–Trinajstić information content (AvgIpc) is 2.70. The van der Waals surface area contributed by atoms with Gasteiger partial charge in [-0.25, -0.2) is 0 Å². The summed E-state index contributed by atoms with van der Waals surface area (Å²) in [5.74, 6) is -1.59. The number of esters is 3. The quantitative estimate of drug-likeness (QED) is 0.157. The molecule has 1 aromatic rings. The number of hydrogen-bond donors (Lipinski definition) is 0. The van der Waals surface area contributed by atoms with E-state index in [-0.39, 0.29) is 13.2 Å². The van der Waals surface area contributed by atoms with Crippen molar-refractivity contribution in [1.82, 2.24) is 0 Å². The van der Waals surface area contributed by atoms with E-state index < -0.39 is 36.2 Å². The second-order valence-corrected chi connectivity index (χ2v) is 7.62. The number of rotatable bonds is 12. The number of benzene rings is 1. The van der Waals surface area contributed by atoms with Gasteiger partial charge in [-0.3, -0.25) is 19.4 Å². The maximum Gasteiger partial charge on any atom is 0.303 e. The molecule has 0 fully saturated rings. The second-order valence-electron chi connectivity index (χ2n) is 6.74. The van der Waals surface area contributed by atoms with Gasteiger partial charge in [-0.1, -0.05) is 30.3 Å². The topological polar surface area (TPSA) is 100 Å². The third-order valence-corrected chi connectivity index (χ3v) is 4.82. The first-order valence-corrected chi connectivity index (χ1v) is 11.2. The van der Waals surface area contributed by atoms with Crippen molar-refractivity contribution in [2.45, 2.75) is 52.4 Å². The number of nitrogens with zero attached hydrogens (tertiary/aromatic N) is 1. The zero-order chi connectivity index (χ0) is 23.2. The molecule has 0 aliphatic rings. The zero-order valence-corrected chi connectivity index (χ0v) is 19.5. The molecule has 9 heteroatoms. The zero-order valence-electron chi connectivity index (χ0n) is 18.7. The molecule has 8 nitrogen and oxygen atoms in total. The summed E-state index contributed by atoms with van der Waals surface area (Å²) in [6.45, 7) is 5.78. The van der Waals surface area contributed by atoms with Gasteiger partial charge in [-0.05, 0) is 18.7 Å². The second kappa shape index (κ2) is 14.6. The smallest absolute Gasteiger partial charge is 0.303 e. The molecule has 1 aromatic carbocycles. The first-order valence-electron chi connectivity index (χ1n) is 9.93. The molecule has 0 amide bonds. The molecule has 31 heavy (non-hydrogen) atoms. The monoisotopic (exact) mass is 453 g/mol. The summed E-state index contributed by atoms with van der Waals surface area (Å²) < 4.78 is 21.4. The molecular weight excluding hydrogens is 422 g/mol. The summed E-state index contributed by atoms with van der Waals surface area (Å²) in [6, 6.07) is 10.0. The lowest BCUT2D eigenvalue weighted by Crippen LogP contribution is -2.45. The number of carbonyl (C=O) groups excluding carboxylic acids is 3. The molecule has 0 saturated heterocycles. The van der Waals surface area contributed by atoms with Gasteiger partial charge in [0.15, 0.2) is 6.10 Å². The summed E-state index contributed by atoms with van der Waals surface area (Å²) in [5, 5.41) is 0.955. The van der Waals surface area contributed by atoms with E-state index >= 15 is 0 Å². The van der Waals surface area contributed by atoms with Gasteiger partial charge in [-0.15, -0.1) is 11.8 Å². The fraction of sp³-hybridized carbons (Fsp3) is 0.545. The Morgan fingerprint density at radius 3 is 2.19 bits per heavy atom. The number of hydrogen-bond acceptors (Lipinski definition) is 9. The lowest BCUT2D eigenvalue weighted by molar-refractivity contribution is -0.182. The standard InChI is InChI=1S/C22H31NO7S/c1-15(29-17(3)25)22(30-18(4)26)20(14-28-16(2)24)27-12-11-23-21(31-5)13-19-9-7-6-8-10-19/h6-10,15,20,22H,11-14H2,1-5H3/b23-21-/t15-,20-,22+/m1/s1. The Balaban J connectivity index is 2.80. The summed E-state index contributed by atoms with van der Waals surface area (Å²) in [6.07, 6.45) is 0.144. The summed E-state index contributed by atoms with van der Waals surface area (Å²) >= 11 is 1.56. The van der Waals surface area contributed by atoms with Crippen molar-refractivity contribution in [3.05, 3.63) is 35.9 Å². The van der Waals surface area contributed by atoms with E-state index in [1.807, 2.05) is 36.6 Å². The molecule has 0 radical (unpaired) electrons. The molecular formula is C22H31NO7S. The van der Waals surface area contributed by atoms with Gasteiger partial charge in [0.2, 0.25) is 0 Å². The van der Waals surface area contributed by atoms with Crippen LogP contribution in [0.1, 0.15) is 33.3 Å². The Morgan fingerprint density at radius 2 is 1.65 bits per heavy atom. The number of ether oxygens (including phenoxy) is 4. The Labute approximate surface area is 187 Å². The van der Waals surface area contributed by atoms with Crippen LogP contribution in [0.15, 0.2) is 35.3 Å². The van der Waals surface area contributed by atoms with Crippen molar-refractivity contribution in [1.29, 1.82) is 0 Å². The van der Waals surface area contributed by atoms with E-state index in [0.29, 0.717) is 6.54 Å². The first kappa shape index (κ1) is 26.6. The lowest BCUT2D eigenvalue weighted by atomic mass is 10.1. The molecule has 3 atom stereocenters. The van der Waals surface area contributed by atoms with Crippen molar-refractivity contribution < 1.29 is 33.3 Å². The van der Waals surface area contributed by atoms with Gasteiger partial charge in [0.1, 0.15) is 18.8 Å². The minimum absolute atomic E-state index is 0.151. The van der Waals surface area contributed by atoms with Crippen molar-refractivity contribution >= 4 is 34.7 Å². The Hall–Kier alpha value is -2.39. The van der Waals surface area contributed by atoms with E-state index in [4.69, 9.17) is 18.9 Å². The molecule has 0 saturated carbocycles. The largest absolute Gasteiger partial charge is 0.463 e. The van der Waals surface area contributed by atoms with Crippen LogP contribution < -0.4 is 0 Å². The molecule has 0 N–H and O–H groups in total. The fourth-order valence-corrected chi connectivity index (χ4v) is 3.30. The maximum absolute atomic E-state index is 11.6. The van der Waals surface area contributed by atoms with Gasteiger partial charge < -0.3 is 18.9 Å². The summed E-state index contributed by atoms with van der Waals surface area (Å²) in [7, 11) is 0. The predicted molar refractivity (Wildman–Crippen MR) is 119 cm³/mol. The third kappa shape index (κ3) is 11.5. The van der Waals surface area contributed by atoms with Crippen LogP contribution in [-0.2, 0) is 39.8 Å². The summed E-state index contributed by atoms with van der Waals surface area (Å²) in [4.78, 5) is 38.8. The van der Waals surface area contributed by atoms with Crippen LogP contribution in [0.25, 0.3) is 0 Å². The van der Waals surface area contributed by atoms with Gasteiger partial charge in [0.05, 0.1) is 18.2 Å². The van der Waals surface area contributed by atoms with Crippen LogP contribution in [0, 0.1) is 0 Å². The van der Waals surface area contributed by atoms with Crippen LogP contribution in [0.2, 0.25) is 0 Å². The highest BCUT2D eigenvalue weighted by molar-refractivity contribution is 8.13. The summed E-state index contributed by atoms with van der Waals surface area (Å²) in [5.41, 5.74) is 1.16. The van der Waals surface area contributed by atoms with Crippen molar-refractivity contribution in [3.63, 3.8) is 0 Å². The molecule has 0 unspecified atom stereocenters. The van der Waals surface area contributed by atoms with Crippen LogP contribution >= 0.6 is 11.8 Å². The number of aliphatic imine (C=N–C) groups is 1. The van der Waals surface area contributed by atoms with Gasteiger partial charge >= 0.3 is 17.9 Å². The molecule has 0 bridgehead atoms. The van der Waals surface area contributed by atoms with Gasteiger partial charge in [0, 0.05) is 27.2 Å². The van der Waals surface area contributed by atoms with Gasteiger partial charge in [0.25, 0.3) is 0 Å². The van der Waals surface area contributed by atoms with Crippen molar-refractivity contribution in [3.8, 4) is 0 Å². The predicted octanol–water partition coefficient (Wildman–Crippen LogP) is 2.82. The van der Waals surface area contributed by atoms with Crippen LogP contribution in [0.3, 0.4) is 0 Å². The van der Waals surface area contributed by atoms with E-state index in [2.05, 4.69) is 4.99 Å². The third-order valence-electron chi connectivity index (χ3n) is 4.08. The Kier molecular flexibility index (Phi) is 12.5. The van der Waals surface area contributed by atoms with E-state index in [9.17, 15) is 14.4 Å². The van der Waals surface area contributed by atoms with Crippen molar-refractivity contribution in [2.75, 3.05) is 26.0 Å². The van der Waals surface area contributed by atoms with Crippen LogP contribution in [-0.4, -0.2) is 67.3 Å². The number of carbonyl (C=O) groups is 3. The molecule has 0 aromatic heterocycles. The first-order chi connectivity index (χ1) is 14.7. The molecule has 172 valence electrons. The molecule has 0 heterocycles. The highest BCUT2D eigenvalue weighted by atomic mass is 32.2. The number of thioether (sulfide) groups is 1. The highest BCUT2D eigenvalue weighted by Gasteiger charge is 2.33. The van der Waals surface area contributed by atoms with Gasteiger partial charge in [-0.2, -0.15) is 0 Å². The normalized spacial score (nSPS) is 14.3. The van der Waals surface area contributed by atoms with Crippen LogP contribution in [0.5, 0.6) is 0 Å². The molecule has 0 aliphatic heterocycles. The molecule has 1 rings (SSSR count). The fourth-order valence-electron chi connectivity index (χ4n) is 2.77. The highest BCUT2D eigenvalue weighted by Crippen LogP contribution is 2.15. The molecule has 0 aliphatic carbocycles. The van der Waals surface area contributed by atoms with E-state index in [0.717, 1.165) is 17.0 Å². The minimum Gasteiger partial charge on any atom is -0.463 e. The Morgan fingerprint density at radius 1 is 1.00 bits per heavy atom. The lowest BCUT2D eigenvalue weighted by Gasteiger charge is -2.30. The van der Waals surface area contributed by atoms with E-state index in [1.165, 1.54) is 20.8 Å². The molecule has 0 spiro atoms. The van der Waals surface area contributed by atoms with Crippen LogP contribution in [0.4, 0.5) is 0 Å².